The largest absolute Gasteiger partial charge is 0.496 e. The van der Waals surface area contributed by atoms with E-state index in [-0.39, 0.29) is 11.9 Å². The first-order valence-electron chi connectivity index (χ1n) is 6.58. The summed E-state index contributed by atoms with van der Waals surface area (Å²) in [4.78, 5) is 12.2. The fraction of sp³-hybridized carbons (Fsp3) is 0.500. The smallest absolute Gasteiger partial charge is 0.241 e. The third kappa shape index (κ3) is 3.94. The number of hydrogen-bond acceptors (Lipinski definition) is 3. The molecule has 1 fully saturated rings. The lowest BCUT2D eigenvalue weighted by Gasteiger charge is -2.16. The molecule has 19 heavy (non-hydrogen) atoms. The highest BCUT2D eigenvalue weighted by atomic mass is 79.9. The lowest BCUT2D eigenvalue weighted by atomic mass is 10.1. The Kier molecular flexibility index (Phi) is 5.22. The zero-order valence-electron chi connectivity index (χ0n) is 11.0. The summed E-state index contributed by atoms with van der Waals surface area (Å²) in [6.07, 6.45) is 4.36. The number of ether oxygens (including phenoxy) is 1. The maximum absolute atomic E-state index is 12.2. The molecule has 1 aromatic carbocycles. The number of rotatable bonds is 3. The van der Waals surface area contributed by atoms with Crippen molar-refractivity contribution in [3.05, 3.63) is 22.7 Å². The van der Waals surface area contributed by atoms with E-state index < -0.39 is 0 Å². The summed E-state index contributed by atoms with van der Waals surface area (Å²) in [5, 5.41) is 6.23. The number of nitrogens with one attached hydrogen (secondary N) is 2. The molecule has 0 saturated carbocycles. The summed E-state index contributed by atoms with van der Waals surface area (Å²) >= 11 is 3.41. The predicted octanol–water partition coefficient (Wildman–Crippen LogP) is 2.93. The van der Waals surface area contributed by atoms with Gasteiger partial charge in [-0.05, 0) is 53.5 Å². The molecular weight excluding hydrogens is 308 g/mol. The molecule has 1 unspecified atom stereocenters. The Morgan fingerprint density at radius 3 is 3.00 bits per heavy atom. The molecule has 1 aromatic rings. The minimum Gasteiger partial charge on any atom is -0.496 e. The molecule has 0 spiro atoms. The second-order valence-electron chi connectivity index (χ2n) is 4.69. The van der Waals surface area contributed by atoms with Crippen LogP contribution in [0.1, 0.15) is 25.7 Å². The van der Waals surface area contributed by atoms with Crippen LogP contribution < -0.4 is 15.4 Å². The van der Waals surface area contributed by atoms with Gasteiger partial charge in [0.05, 0.1) is 17.6 Å². The quantitative estimate of drug-likeness (QED) is 0.897. The summed E-state index contributed by atoms with van der Waals surface area (Å²) in [5.74, 6) is 0.796. The van der Waals surface area contributed by atoms with Gasteiger partial charge in [-0.2, -0.15) is 0 Å². The van der Waals surface area contributed by atoms with Gasteiger partial charge in [-0.15, -0.1) is 0 Å². The molecule has 2 N–H and O–H groups in total. The molecule has 0 aromatic heterocycles. The molecule has 1 heterocycles. The summed E-state index contributed by atoms with van der Waals surface area (Å²) in [6, 6.07) is 5.45. The molecule has 1 aliphatic rings. The van der Waals surface area contributed by atoms with Gasteiger partial charge >= 0.3 is 0 Å². The van der Waals surface area contributed by atoms with Crippen molar-refractivity contribution in [3.8, 4) is 5.75 Å². The van der Waals surface area contributed by atoms with Gasteiger partial charge in [0, 0.05) is 5.69 Å². The molecule has 2 rings (SSSR count). The van der Waals surface area contributed by atoms with Crippen molar-refractivity contribution in [2.24, 2.45) is 0 Å². The zero-order chi connectivity index (χ0) is 13.7. The van der Waals surface area contributed by atoms with Gasteiger partial charge < -0.3 is 15.4 Å². The summed E-state index contributed by atoms with van der Waals surface area (Å²) in [6.45, 7) is 0.921. The van der Waals surface area contributed by atoms with Gasteiger partial charge in [-0.25, -0.2) is 0 Å². The van der Waals surface area contributed by atoms with E-state index in [1.165, 1.54) is 6.42 Å². The van der Waals surface area contributed by atoms with Crippen LogP contribution in [-0.4, -0.2) is 25.6 Å². The van der Waals surface area contributed by atoms with E-state index in [0.29, 0.717) is 0 Å². The maximum Gasteiger partial charge on any atom is 0.241 e. The summed E-state index contributed by atoms with van der Waals surface area (Å²) in [7, 11) is 1.62. The maximum atomic E-state index is 12.2. The normalized spacial score (nSPS) is 19.6. The number of methoxy groups -OCH3 is 1. The van der Waals surface area contributed by atoms with Crippen LogP contribution in [0, 0.1) is 0 Å². The number of benzene rings is 1. The predicted molar refractivity (Wildman–Crippen MR) is 79.6 cm³/mol. The van der Waals surface area contributed by atoms with Crippen LogP contribution in [0.3, 0.4) is 0 Å². The van der Waals surface area contributed by atoms with Crippen LogP contribution in [0.25, 0.3) is 0 Å². The Hall–Kier alpha value is -1.07. The van der Waals surface area contributed by atoms with Crippen LogP contribution in [0.4, 0.5) is 5.69 Å². The van der Waals surface area contributed by atoms with Crippen LogP contribution in [0.5, 0.6) is 5.75 Å². The summed E-state index contributed by atoms with van der Waals surface area (Å²) < 4.78 is 6.00. The molecule has 1 aliphatic heterocycles. The van der Waals surface area contributed by atoms with E-state index in [0.717, 1.165) is 41.7 Å². The molecule has 1 atom stereocenters. The Bertz CT molecular complexity index is 443. The van der Waals surface area contributed by atoms with Gasteiger partial charge in [0.15, 0.2) is 0 Å². The monoisotopic (exact) mass is 326 g/mol. The SMILES string of the molecule is COc1ccc(NC(=O)C2CCCCCN2)cc1Br. The third-order valence-electron chi connectivity index (χ3n) is 3.30. The fourth-order valence-corrected chi connectivity index (χ4v) is 2.77. The second kappa shape index (κ2) is 6.91. The molecule has 1 amide bonds. The average molecular weight is 327 g/mol. The number of anilines is 1. The van der Waals surface area contributed by atoms with Gasteiger partial charge in [0.2, 0.25) is 5.91 Å². The molecular formula is C14H19BrN2O2. The average Bonchev–Trinajstić information content (AvgIpc) is 2.68. The summed E-state index contributed by atoms with van der Waals surface area (Å²) in [5.41, 5.74) is 0.781. The molecule has 0 aliphatic carbocycles. The Labute approximate surface area is 122 Å². The highest BCUT2D eigenvalue weighted by Gasteiger charge is 2.19. The van der Waals surface area contributed by atoms with Crippen LogP contribution in [0.2, 0.25) is 0 Å². The first-order valence-corrected chi connectivity index (χ1v) is 7.38. The van der Waals surface area contributed by atoms with E-state index >= 15 is 0 Å². The van der Waals surface area contributed by atoms with Crippen molar-refractivity contribution in [1.82, 2.24) is 5.32 Å². The number of carbonyl (C=O) groups is 1. The number of carbonyl (C=O) groups excluding carboxylic acids is 1. The first kappa shape index (κ1) is 14.3. The fourth-order valence-electron chi connectivity index (χ4n) is 2.23. The van der Waals surface area contributed by atoms with Crippen molar-refractivity contribution in [2.45, 2.75) is 31.7 Å². The van der Waals surface area contributed by atoms with Crippen molar-refractivity contribution >= 4 is 27.5 Å². The highest BCUT2D eigenvalue weighted by molar-refractivity contribution is 9.10. The van der Waals surface area contributed by atoms with Gasteiger partial charge in [0.25, 0.3) is 0 Å². The zero-order valence-corrected chi connectivity index (χ0v) is 12.6. The van der Waals surface area contributed by atoms with Crippen molar-refractivity contribution in [1.29, 1.82) is 0 Å². The van der Waals surface area contributed by atoms with Gasteiger partial charge in [-0.1, -0.05) is 12.8 Å². The van der Waals surface area contributed by atoms with Crippen molar-refractivity contribution in [2.75, 3.05) is 19.0 Å². The standard InChI is InChI=1S/C14H19BrN2O2/c1-19-13-7-6-10(9-11(13)15)17-14(18)12-5-3-2-4-8-16-12/h6-7,9,12,16H,2-5,8H2,1H3,(H,17,18). The van der Waals surface area contributed by atoms with Crippen LogP contribution >= 0.6 is 15.9 Å². The molecule has 4 nitrogen and oxygen atoms in total. The highest BCUT2D eigenvalue weighted by Crippen LogP contribution is 2.27. The van der Waals surface area contributed by atoms with Crippen molar-refractivity contribution < 1.29 is 9.53 Å². The Balaban J connectivity index is 1.99. The van der Waals surface area contributed by atoms with E-state index in [4.69, 9.17) is 4.74 Å². The molecule has 1 saturated heterocycles. The number of halogens is 1. The first-order chi connectivity index (χ1) is 9.20. The molecule has 5 heteroatoms. The van der Waals surface area contributed by atoms with E-state index in [9.17, 15) is 4.79 Å². The Morgan fingerprint density at radius 2 is 2.26 bits per heavy atom. The lowest BCUT2D eigenvalue weighted by molar-refractivity contribution is -0.118. The van der Waals surface area contributed by atoms with E-state index in [1.54, 1.807) is 7.11 Å². The van der Waals surface area contributed by atoms with Crippen molar-refractivity contribution in [3.63, 3.8) is 0 Å². The number of amides is 1. The van der Waals surface area contributed by atoms with Crippen LogP contribution in [0.15, 0.2) is 22.7 Å². The van der Waals surface area contributed by atoms with E-state index in [2.05, 4.69) is 26.6 Å². The minimum absolute atomic E-state index is 0.0407. The number of hydrogen-bond donors (Lipinski definition) is 2. The second-order valence-corrected chi connectivity index (χ2v) is 5.55. The molecule has 0 bridgehead atoms. The van der Waals surface area contributed by atoms with Gasteiger partial charge in [-0.3, -0.25) is 4.79 Å². The third-order valence-corrected chi connectivity index (χ3v) is 3.92. The topological polar surface area (TPSA) is 50.4 Å². The lowest BCUT2D eigenvalue weighted by Crippen LogP contribution is -2.39. The van der Waals surface area contributed by atoms with Crippen LogP contribution in [-0.2, 0) is 4.79 Å². The minimum atomic E-state index is -0.0802. The van der Waals surface area contributed by atoms with E-state index in [1.807, 2.05) is 18.2 Å². The van der Waals surface area contributed by atoms with Gasteiger partial charge in [0.1, 0.15) is 5.75 Å². The molecule has 104 valence electrons. The Morgan fingerprint density at radius 1 is 1.42 bits per heavy atom. The molecule has 0 radical (unpaired) electrons.